The van der Waals surface area contributed by atoms with Crippen LogP contribution in [0.2, 0.25) is 5.02 Å². The Morgan fingerprint density at radius 2 is 2.11 bits per heavy atom. The van der Waals surface area contributed by atoms with E-state index < -0.39 is 0 Å². The van der Waals surface area contributed by atoms with Crippen LogP contribution < -0.4 is 5.32 Å². The molecule has 0 aliphatic carbocycles. The fourth-order valence-electron chi connectivity index (χ4n) is 2.17. The number of amidine groups is 1. The molecule has 1 aromatic heterocycles. The molecule has 3 nitrogen and oxygen atoms in total. The molecule has 18 heavy (non-hydrogen) atoms. The van der Waals surface area contributed by atoms with Crippen LogP contribution in [-0.2, 0) is 6.42 Å². The standard InChI is InChI=1S/C14H14ClN3/c15-12-4-3-11(9-14-16-5-6-17-14)13(10-12)18-7-1-2-8-18/h1-4,7-8,10H,5-6,9H2,(H,16,17). The predicted molar refractivity (Wildman–Crippen MR) is 74.8 cm³/mol. The smallest absolute Gasteiger partial charge is 0.101 e. The molecule has 0 atom stereocenters. The van der Waals surface area contributed by atoms with Crippen molar-refractivity contribution in [1.82, 2.24) is 9.88 Å². The van der Waals surface area contributed by atoms with E-state index in [0.717, 1.165) is 36.1 Å². The van der Waals surface area contributed by atoms with Crippen LogP contribution in [0.4, 0.5) is 0 Å². The summed E-state index contributed by atoms with van der Waals surface area (Å²) >= 11 is 6.09. The molecule has 2 aromatic rings. The van der Waals surface area contributed by atoms with Crippen LogP contribution in [0.5, 0.6) is 0 Å². The molecule has 1 aliphatic rings. The molecule has 0 amide bonds. The van der Waals surface area contributed by atoms with E-state index in [4.69, 9.17) is 11.6 Å². The lowest BCUT2D eigenvalue weighted by Crippen LogP contribution is -2.21. The van der Waals surface area contributed by atoms with Gasteiger partial charge in [0.05, 0.1) is 12.2 Å². The third-order valence-electron chi connectivity index (χ3n) is 3.03. The quantitative estimate of drug-likeness (QED) is 0.902. The van der Waals surface area contributed by atoms with Crippen molar-refractivity contribution in [2.45, 2.75) is 6.42 Å². The fourth-order valence-corrected chi connectivity index (χ4v) is 2.33. The zero-order valence-corrected chi connectivity index (χ0v) is 10.7. The van der Waals surface area contributed by atoms with Crippen LogP contribution in [0.25, 0.3) is 5.69 Å². The van der Waals surface area contributed by atoms with Crippen molar-refractivity contribution in [1.29, 1.82) is 0 Å². The van der Waals surface area contributed by atoms with Crippen LogP contribution in [-0.4, -0.2) is 23.5 Å². The minimum atomic E-state index is 0.753. The van der Waals surface area contributed by atoms with Gasteiger partial charge in [0.15, 0.2) is 0 Å². The Kier molecular flexibility index (Phi) is 3.07. The summed E-state index contributed by atoms with van der Waals surface area (Å²) in [5.74, 6) is 1.06. The number of hydrogen-bond acceptors (Lipinski definition) is 2. The summed E-state index contributed by atoms with van der Waals surface area (Å²) in [6.07, 6.45) is 4.88. The number of rotatable bonds is 3. The van der Waals surface area contributed by atoms with E-state index in [9.17, 15) is 0 Å². The highest BCUT2D eigenvalue weighted by Crippen LogP contribution is 2.21. The summed E-state index contributed by atoms with van der Waals surface area (Å²) in [5, 5.41) is 4.05. The minimum Gasteiger partial charge on any atom is -0.372 e. The van der Waals surface area contributed by atoms with Gasteiger partial charge in [-0.3, -0.25) is 4.99 Å². The zero-order chi connectivity index (χ0) is 12.4. The molecule has 2 heterocycles. The van der Waals surface area contributed by atoms with Crippen LogP contribution in [0.15, 0.2) is 47.7 Å². The number of aliphatic imine (C=N–C) groups is 1. The molecule has 1 aliphatic heterocycles. The molecule has 1 N–H and O–H groups in total. The molecule has 3 rings (SSSR count). The molecule has 4 heteroatoms. The number of nitrogens with zero attached hydrogens (tertiary/aromatic N) is 2. The van der Waals surface area contributed by atoms with Gasteiger partial charge in [0, 0.05) is 30.4 Å². The Morgan fingerprint density at radius 3 is 2.83 bits per heavy atom. The van der Waals surface area contributed by atoms with Crippen molar-refractivity contribution in [2.24, 2.45) is 4.99 Å². The highest BCUT2D eigenvalue weighted by atomic mass is 35.5. The summed E-state index contributed by atoms with van der Waals surface area (Å²) in [7, 11) is 0. The first-order valence-corrected chi connectivity index (χ1v) is 6.40. The Labute approximate surface area is 111 Å². The summed E-state index contributed by atoms with van der Waals surface area (Å²) in [6, 6.07) is 10.0. The van der Waals surface area contributed by atoms with Crippen molar-refractivity contribution in [2.75, 3.05) is 13.1 Å². The first-order valence-electron chi connectivity index (χ1n) is 6.02. The summed E-state index contributed by atoms with van der Waals surface area (Å²) < 4.78 is 2.08. The second-order valence-electron chi connectivity index (χ2n) is 4.30. The molecule has 0 fully saturated rings. The van der Waals surface area contributed by atoms with E-state index in [2.05, 4.69) is 20.9 Å². The molecule has 0 saturated carbocycles. The number of benzene rings is 1. The Bertz CT molecular complexity index is 573. The van der Waals surface area contributed by atoms with Crippen LogP contribution in [0.1, 0.15) is 5.56 Å². The lowest BCUT2D eigenvalue weighted by Gasteiger charge is -2.11. The fraction of sp³-hybridized carbons (Fsp3) is 0.214. The van der Waals surface area contributed by atoms with E-state index in [1.165, 1.54) is 5.56 Å². The average molecular weight is 260 g/mol. The van der Waals surface area contributed by atoms with Crippen LogP contribution in [0, 0.1) is 0 Å². The summed E-state index contributed by atoms with van der Waals surface area (Å²) in [5.41, 5.74) is 2.34. The van der Waals surface area contributed by atoms with Gasteiger partial charge < -0.3 is 9.88 Å². The topological polar surface area (TPSA) is 29.3 Å². The first kappa shape index (κ1) is 11.4. The zero-order valence-electron chi connectivity index (χ0n) is 9.94. The van der Waals surface area contributed by atoms with Crippen molar-refractivity contribution in [3.8, 4) is 5.69 Å². The van der Waals surface area contributed by atoms with E-state index in [1.54, 1.807) is 0 Å². The summed E-state index contributed by atoms with van der Waals surface area (Å²) in [4.78, 5) is 4.44. The molecule has 0 radical (unpaired) electrons. The van der Waals surface area contributed by atoms with Gasteiger partial charge in [-0.15, -0.1) is 0 Å². The van der Waals surface area contributed by atoms with Crippen molar-refractivity contribution in [3.63, 3.8) is 0 Å². The molecule has 1 aromatic carbocycles. The maximum Gasteiger partial charge on any atom is 0.101 e. The summed E-state index contributed by atoms with van der Waals surface area (Å²) in [6.45, 7) is 1.82. The van der Waals surface area contributed by atoms with Gasteiger partial charge in [0.1, 0.15) is 5.84 Å². The maximum atomic E-state index is 6.09. The minimum absolute atomic E-state index is 0.753. The highest BCUT2D eigenvalue weighted by molar-refractivity contribution is 6.30. The highest BCUT2D eigenvalue weighted by Gasteiger charge is 2.10. The van der Waals surface area contributed by atoms with Crippen molar-refractivity contribution in [3.05, 3.63) is 53.3 Å². The van der Waals surface area contributed by atoms with Gasteiger partial charge in [-0.2, -0.15) is 0 Å². The Balaban J connectivity index is 1.98. The SMILES string of the molecule is Clc1ccc(CC2=NCCN2)c(-n2cccc2)c1. The number of halogens is 1. The second kappa shape index (κ2) is 4.86. The van der Waals surface area contributed by atoms with Gasteiger partial charge in [-0.1, -0.05) is 17.7 Å². The van der Waals surface area contributed by atoms with Gasteiger partial charge in [0.25, 0.3) is 0 Å². The Hall–Kier alpha value is -1.74. The lowest BCUT2D eigenvalue weighted by molar-refractivity contribution is 0.951. The van der Waals surface area contributed by atoms with E-state index >= 15 is 0 Å². The lowest BCUT2D eigenvalue weighted by atomic mass is 10.1. The second-order valence-corrected chi connectivity index (χ2v) is 4.73. The maximum absolute atomic E-state index is 6.09. The van der Waals surface area contributed by atoms with Gasteiger partial charge in [-0.05, 0) is 29.8 Å². The van der Waals surface area contributed by atoms with Crippen LogP contribution >= 0.6 is 11.6 Å². The third-order valence-corrected chi connectivity index (χ3v) is 3.27. The number of hydrogen-bond donors (Lipinski definition) is 1. The molecule has 0 spiro atoms. The Morgan fingerprint density at radius 1 is 1.28 bits per heavy atom. The van der Waals surface area contributed by atoms with Crippen LogP contribution in [0.3, 0.4) is 0 Å². The molecule has 0 unspecified atom stereocenters. The predicted octanol–water partition coefficient (Wildman–Crippen LogP) is 2.67. The van der Waals surface area contributed by atoms with Gasteiger partial charge >= 0.3 is 0 Å². The largest absolute Gasteiger partial charge is 0.372 e. The van der Waals surface area contributed by atoms with E-state index in [-0.39, 0.29) is 0 Å². The van der Waals surface area contributed by atoms with Crippen molar-refractivity contribution >= 4 is 17.4 Å². The van der Waals surface area contributed by atoms with E-state index in [1.807, 2.05) is 36.7 Å². The molecular formula is C14H14ClN3. The molecule has 0 saturated heterocycles. The number of aromatic nitrogens is 1. The average Bonchev–Trinajstić information content (AvgIpc) is 3.04. The molecular weight excluding hydrogens is 246 g/mol. The van der Waals surface area contributed by atoms with Crippen molar-refractivity contribution < 1.29 is 0 Å². The third kappa shape index (κ3) is 2.27. The first-order chi connectivity index (χ1) is 8.83. The molecule has 0 bridgehead atoms. The normalized spacial score (nSPS) is 14.4. The van der Waals surface area contributed by atoms with Gasteiger partial charge in [-0.25, -0.2) is 0 Å². The number of nitrogens with one attached hydrogen (secondary N) is 1. The molecule has 92 valence electrons. The van der Waals surface area contributed by atoms with Gasteiger partial charge in [0.2, 0.25) is 0 Å². The monoisotopic (exact) mass is 259 g/mol. The van der Waals surface area contributed by atoms with E-state index in [0.29, 0.717) is 0 Å².